The van der Waals surface area contributed by atoms with E-state index in [4.69, 9.17) is 4.74 Å². The van der Waals surface area contributed by atoms with Crippen LogP contribution in [0.4, 0.5) is 0 Å². The van der Waals surface area contributed by atoms with Gasteiger partial charge >= 0.3 is 0 Å². The van der Waals surface area contributed by atoms with E-state index in [1.165, 1.54) is 19.9 Å². The molecule has 3 rings (SSSR count). The van der Waals surface area contributed by atoms with Crippen molar-refractivity contribution in [3.63, 3.8) is 0 Å². The molecule has 8 nitrogen and oxygen atoms in total. The van der Waals surface area contributed by atoms with Gasteiger partial charge in [0, 0.05) is 49.4 Å². The quantitative estimate of drug-likeness (QED) is 0.714. The standard InChI is InChI=1S/C19H28N4O4S2/c1-5-22(6-2)29(25,26)23-10-11-27-15(12-23)16-14-8-7-9-20-19(14)28-17(16)18(24)21-13(3)4/h7-9,13,15H,5-6,10-12H2,1-4H3,(H,21,24)/t15-/m0/s1. The van der Waals surface area contributed by atoms with Gasteiger partial charge in [-0.1, -0.05) is 19.9 Å². The number of pyridine rings is 1. The summed E-state index contributed by atoms with van der Waals surface area (Å²) in [5, 5.41) is 3.76. The molecule has 160 valence electrons. The summed E-state index contributed by atoms with van der Waals surface area (Å²) in [5.74, 6) is -0.190. The Labute approximate surface area is 176 Å². The average Bonchev–Trinajstić information content (AvgIpc) is 3.08. The Balaban J connectivity index is 2.00. The number of ether oxygens (including phenoxy) is 1. The number of morpholine rings is 1. The van der Waals surface area contributed by atoms with Crippen LogP contribution < -0.4 is 5.32 Å². The number of thiophene rings is 1. The van der Waals surface area contributed by atoms with Gasteiger partial charge in [0.1, 0.15) is 9.71 Å². The molecule has 10 heteroatoms. The Kier molecular flexibility index (Phi) is 6.90. The highest BCUT2D eigenvalue weighted by atomic mass is 32.2. The molecular formula is C19H28N4O4S2. The Morgan fingerprint density at radius 1 is 1.41 bits per heavy atom. The second-order valence-electron chi connectivity index (χ2n) is 7.14. The summed E-state index contributed by atoms with van der Waals surface area (Å²) in [5.41, 5.74) is 0.718. The van der Waals surface area contributed by atoms with Crippen LogP contribution in [-0.4, -0.2) is 66.7 Å². The number of nitrogens with one attached hydrogen (secondary N) is 1. The van der Waals surface area contributed by atoms with E-state index < -0.39 is 16.3 Å². The van der Waals surface area contributed by atoms with Crippen molar-refractivity contribution in [2.45, 2.75) is 39.8 Å². The molecule has 0 saturated carbocycles. The maximum atomic E-state index is 13.0. The molecule has 1 atom stereocenters. The van der Waals surface area contributed by atoms with Crippen molar-refractivity contribution in [3.8, 4) is 0 Å². The zero-order chi connectivity index (χ0) is 21.2. The summed E-state index contributed by atoms with van der Waals surface area (Å²) in [7, 11) is -3.58. The molecule has 2 aromatic heterocycles. The summed E-state index contributed by atoms with van der Waals surface area (Å²) in [6, 6.07) is 3.71. The fourth-order valence-electron chi connectivity index (χ4n) is 3.49. The fraction of sp³-hybridized carbons (Fsp3) is 0.579. The molecule has 1 saturated heterocycles. The normalized spacial score (nSPS) is 18.6. The van der Waals surface area contributed by atoms with Gasteiger partial charge in [0.25, 0.3) is 16.1 Å². The molecule has 1 aliphatic heterocycles. The number of aromatic nitrogens is 1. The molecule has 0 spiro atoms. The monoisotopic (exact) mass is 440 g/mol. The minimum Gasteiger partial charge on any atom is -0.371 e. The molecule has 1 amide bonds. The molecule has 0 unspecified atom stereocenters. The van der Waals surface area contributed by atoms with E-state index in [1.807, 2.05) is 39.8 Å². The SMILES string of the molecule is CCN(CC)S(=O)(=O)N1CCO[C@H](c2c(C(=O)NC(C)C)sc3ncccc23)C1. The van der Waals surface area contributed by atoms with Crippen molar-refractivity contribution in [1.82, 2.24) is 18.9 Å². The highest BCUT2D eigenvalue weighted by Gasteiger charge is 2.36. The molecular weight excluding hydrogens is 412 g/mol. The van der Waals surface area contributed by atoms with E-state index >= 15 is 0 Å². The highest BCUT2D eigenvalue weighted by molar-refractivity contribution is 7.86. The molecule has 2 aromatic rings. The zero-order valence-electron chi connectivity index (χ0n) is 17.2. The number of hydrogen-bond acceptors (Lipinski definition) is 6. The Morgan fingerprint density at radius 3 is 2.79 bits per heavy atom. The van der Waals surface area contributed by atoms with Crippen LogP contribution in [0.3, 0.4) is 0 Å². The first kappa shape index (κ1) is 22.1. The lowest BCUT2D eigenvalue weighted by molar-refractivity contribution is -0.00361. The van der Waals surface area contributed by atoms with Gasteiger partial charge in [0.2, 0.25) is 0 Å². The molecule has 0 aliphatic carbocycles. The van der Waals surface area contributed by atoms with E-state index in [9.17, 15) is 13.2 Å². The van der Waals surface area contributed by atoms with Crippen LogP contribution in [0.25, 0.3) is 10.2 Å². The van der Waals surface area contributed by atoms with Gasteiger partial charge < -0.3 is 10.1 Å². The van der Waals surface area contributed by atoms with Gasteiger partial charge in [0.05, 0.1) is 12.7 Å². The van der Waals surface area contributed by atoms with Gasteiger partial charge in [-0.3, -0.25) is 4.79 Å². The minimum atomic E-state index is -3.58. The largest absolute Gasteiger partial charge is 0.371 e. The first-order valence-electron chi connectivity index (χ1n) is 9.84. The maximum Gasteiger partial charge on any atom is 0.282 e. The molecule has 0 aromatic carbocycles. The Morgan fingerprint density at radius 2 is 2.14 bits per heavy atom. The lowest BCUT2D eigenvalue weighted by Crippen LogP contribution is -2.49. The van der Waals surface area contributed by atoms with Crippen LogP contribution in [0.2, 0.25) is 0 Å². The van der Waals surface area contributed by atoms with Crippen LogP contribution in [0.1, 0.15) is 49.0 Å². The van der Waals surface area contributed by atoms with Crippen molar-refractivity contribution in [2.24, 2.45) is 0 Å². The van der Waals surface area contributed by atoms with Crippen molar-refractivity contribution in [3.05, 3.63) is 28.8 Å². The molecule has 3 heterocycles. The Hall–Kier alpha value is -1.59. The van der Waals surface area contributed by atoms with Crippen molar-refractivity contribution in [2.75, 3.05) is 32.8 Å². The zero-order valence-corrected chi connectivity index (χ0v) is 18.8. The molecule has 0 bridgehead atoms. The highest BCUT2D eigenvalue weighted by Crippen LogP contribution is 2.37. The van der Waals surface area contributed by atoms with E-state index in [1.54, 1.807) is 6.20 Å². The smallest absolute Gasteiger partial charge is 0.282 e. The lowest BCUT2D eigenvalue weighted by atomic mass is 10.0. The molecule has 1 fully saturated rings. The predicted octanol–water partition coefficient (Wildman–Crippen LogP) is 2.39. The topological polar surface area (TPSA) is 91.8 Å². The lowest BCUT2D eigenvalue weighted by Gasteiger charge is -2.35. The number of hydrogen-bond donors (Lipinski definition) is 1. The number of rotatable bonds is 7. The van der Waals surface area contributed by atoms with Crippen molar-refractivity contribution >= 4 is 37.7 Å². The maximum absolute atomic E-state index is 13.0. The molecule has 1 N–H and O–H groups in total. The second-order valence-corrected chi connectivity index (χ2v) is 10.1. The Bertz CT molecular complexity index is 970. The molecule has 1 aliphatic rings. The third-order valence-corrected chi connectivity index (χ3v) is 8.12. The molecule has 0 radical (unpaired) electrons. The van der Waals surface area contributed by atoms with E-state index in [-0.39, 0.29) is 25.1 Å². The van der Waals surface area contributed by atoms with Crippen molar-refractivity contribution in [1.29, 1.82) is 0 Å². The number of nitrogens with zero attached hydrogens (tertiary/aromatic N) is 3. The van der Waals surface area contributed by atoms with Crippen LogP contribution in [0, 0.1) is 0 Å². The number of amides is 1. The van der Waals surface area contributed by atoms with Gasteiger partial charge in [-0.25, -0.2) is 4.98 Å². The first-order chi connectivity index (χ1) is 13.8. The number of carbonyl (C=O) groups is 1. The van der Waals surface area contributed by atoms with Crippen molar-refractivity contribution < 1.29 is 17.9 Å². The summed E-state index contributed by atoms with van der Waals surface area (Å²) < 4.78 is 34.9. The minimum absolute atomic E-state index is 0.0136. The fourth-order valence-corrected chi connectivity index (χ4v) is 6.20. The number of fused-ring (bicyclic) bond motifs is 1. The average molecular weight is 441 g/mol. The van der Waals surface area contributed by atoms with Gasteiger partial charge in [0.15, 0.2) is 0 Å². The summed E-state index contributed by atoms with van der Waals surface area (Å²) in [6.07, 6.45) is 1.16. The first-order valence-corrected chi connectivity index (χ1v) is 12.1. The third-order valence-electron chi connectivity index (χ3n) is 4.84. The van der Waals surface area contributed by atoms with E-state index in [0.29, 0.717) is 24.5 Å². The van der Waals surface area contributed by atoms with E-state index in [2.05, 4.69) is 10.3 Å². The number of carbonyl (C=O) groups excluding carboxylic acids is 1. The molecule has 29 heavy (non-hydrogen) atoms. The van der Waals surface area contributed by atoms with Crippen LogP contribution >= 0.6 is 11.3 Å². The van der Waals surface area contributed by atoms with Gasteiger partial charge in [-0.2, -0.15) is 17.0 Å². The summed E-state index contributed by atoms with van der Waals surface area (Å²) in [4.78, 5) is 18.5. The summed E-state index contributed by atoms with van der Waals surface area (Å²) in [6.45, 7) is 9.01. The second kappa shape index (κ2) is 9.05. The third kappa shape index (κ3) is 4.46. The summed E-state index contributed by atoms with van der Waals surface area (Å²) >= 11 is 1.31. The van der Waals surface area contributed by atoms with Crippen LogP contribution in [0.15, 0.2) is 18.3 Å². The van der Waals surface area contributed by atoms with Crippen LogP contribution in [-0.2, 0) is 14.9 Å². The van der Waals surface area contributed by atoms with E-state index in [0.717, 1.165) is 15.8 Å². The predicted molar refractivity (Wildman–Crippen MR) is 114 cm³/mol. The van der Waals surface area contributed by atoms with Gasteiger partial charge in [-0.15, -0.1) is 11.3 Å². The van der Waals surface area contributed by atoms with Gasteiger partial charge in [-0.05, 0) is 19.9 Å². The van der Waals surface area contributed by atoms with Crippen LogP contribution in [0.5, 0.6) is 0 Å².